The van der Waals surface area contributed by atoms with Crippen LogP contribution in [0.4, 0.5) is 0 Å². The zero-order chi connectivity index (χ0) is 15.9. The van der Waals surface area contributed by atoms with Crippen LogP contribution in [0.5, 0.6) is 23.0 Å². The van der Waals surface area contributed by atoms with Gasteiger partial charge in [0.25, 0.3) is 0 Å². The van der Waals surface area contributed by atoms with E-state index in [9.17, 15) is 20.4 Å². The van der Waals surface area contributed by atoms with Crippen LogP contribution in [0.1, 0.15) is 11.1 Å². The van der Waals surface area contributed by atoms with Crippen LogP contribution in [0.15, 0.2) is 46.4 Å². The van der Waals surface area contributed by atoms with Gasteiger partial charge in [-0.1, -0.05) is 0 Å². The third kappa shape index (κ3) is 4.24. The summed E-state index contributed by atoms with van der Waals surface area (Å²) >= 11 is 0. The van der Waals surface area contributed by atoms with Crippen molar-refractivity contribution in [3.8, 4) is 23.0 Å². The summed E-state index contributed by atoms with van der Waals surface area (Å²) in [7, 11) is 0. The Morgan fingerprint density at radius 3 is 1.50 bits per heavy atom. The molecule has 0 aliphatic rings. The molecule has 0 unspecified atom stereocenters. The van der Waals surface area contributed by atoms with Gasteiger partial charge in [-0.3, -0.25) is 9.98 Å². The number of rotatable bonds is 5. The fourth-order valence-corrected chi connectivity index (χ4v) is 1.73. The first kappa shape index (κ1) is 15.4. The summed E-state index contributed by atoms with van der Waals surface area (Å²) < 4.78 is 0. The second-order valence-electron chi connectivity index (χ2n) is 4.56. The first-order valence-corrected chi connectivity index (χ1v) is 6.60. The molecule has 0 amide bonds. The quantitative estimate of drug-likeness (QED) is 0.385. The third-order valence-corrected chi connectivity index (χ3v) is 2.84. The Bertz CT molecular complexity index is 650. The zero-order valence-corrected chi connectivity index (χ0v) is 11.7. The highest BCUT2D eigenvalue weighted by Gasteiger charge is 1.99. The molecular weight excluding hydrogens is 284 g/mol. The van der Waals surface area contributed by atoms with Crippen molar-refractivity contribution in [3.05, 3.63) is 47.5 Å². The molecule has 0 aromatic heterocycles. The number of phenolic OH excluding ortho intramolecular Hbond substituents is 4. The Morgan fingerprint density at radius 2 is 1.09 bits per heavy atom. The molecule has 0 radical (unpaired) electrons. The van der Waals surface area contributed by atoms with Gasteiger partial charge in [0.2, 0.25) is 0 Å². The molecule has 0 saturated heterocycles. The molecule has 22 heavy (non-hydrogen) atoms. The van der Waals surface area contributed by atoms with Crippen LogP contribution in [-0.2, 0) is 0 Å². The second kappa shape index (κ2) is 7.12. The summed E-state index contributed by atoms with van der Waals surface area (Å²) in [5, 5.41) is 37.7. The summed E-state index contributed by atoms with van der Waals surface area (Å²) in [4.78, 5) is 8.19. The molecule has 2 aromatic rings. The van der Waals surface area contributed by atoms with Gasteiger partial charge in [-0.15, -0.1) is 0 Å². The first-order chi connectivity index (χ1) is 10.6. The van der Waals surface area contributed by atoms with Gasteiger partial charge in [-0.05, 0) is 36.4 Å². The Balaban J connectivity index is 1.89. The molecule has 0 bridgehead atoms. The molecule has 114 valence electrons. The molecule has 0 spiro atoms. The Kier molecular flexibility index (Phi) is 4.98. The van der Waals surface area contributed by atoms with Crippen molar-refractivity contribution < 1.29 is 20.4 Å². The normalized spacial score (nSPS) is 11.5. The van der Waals surface area contributed by atoms with Crippen LogP contribution in [0.25, 0.3) is 0 Å². The van der Waals surface area contributed by atoms with Gasteiger partial charge in [0.05, 0.1) is 13.1 Å². The van der Waals surface area contributed by atoms with Gasteiger partial charge in [0.15, 0.2) is 0 Å². The number of aliphatic imine (C=N–C) groups is 2. The number of hydrogen-bond acceptors (Lipinski definition) is 6. The van der Waals surface area contributed by atoms with Crippen molar-refractivity contribution in [1.82, 2.24) is 0 Å². The lowest BCUT2D eigenvalue weighted by atomic mass is 10.2. The summed E-state index contributed by atoms with van der Waals surface area (Å²) in [5.41, 5.74) is 0.851. The van der Waals surface area contributed by atoms with E-state index >= 15 is 0 Å². The van der Waals surface area contributed by atoms with Crippen LogP contribution in [-0.4, -0.2) is 45.9 Å². The molecule has 0 saturated carbocycles. The first-order valence-electron chi connectivity index (χ1n) is 6.60. The van der Waals surface area contributed by atoms with Crippen molar-refractivity contribution in [3.63, 3.8) is 0 Å². The van der Waals surface area contributed by atoms with E-state index < -0.39 is 0 Å². The van der Waals surface area contributed by atoms with E-state index in [2.05, 4.69) is 9.98 Å². The highest BCUT2D eigenvalue weighted by Crippen LogP contribution is 2.21. The molecule has 2 aromatic carbocycles. The van der Waals surface area contributed by atoms with Crippen molar-refractivity contribution in [1.29, 1.82) is 0 Å². The molecule has 6 nitrogen and oxygen atoms in total. The van der Waals surface area contributed by atoms with Crippen LogP contribution >= 0.6 is 0 Å². The number of aromatic hydroxyl groups is 4. The molecule has 2 rings (SSSR count). The largest absolute Gasteiger partial charge is 0.508 e. The fourth-order valence-electron chi connectivity index (χ4n) is 1.73. The maximum atomic E-state index is 9.56. The van der Waals surface area contributed by atoms with Gasteiger partial charge < -0.3 is 20.4 Å². The number of benzene rings is 2. The van der Waals surface area contributed by atoms with Gasteiger partial charge in [0.1, 0.15) is 23.0 Å². The van der Waals surface area contributed by atoms with Gasteiger partial charge in [0, 0.05) is 23.6 Å². The molecule has 4 N–H and O–H groups in total. The third-order valence-electron chi connectivity index (χ3n) is 2.84. The zero-order valence-electron chi connectivity index (χ0n) is 11.7. The standard InChI is InChI=1S/C16H16N2O4/c19-13-1-3-15(21)11(7-13)9-17-5-6-18-10-12-8-14(20)2-4-16(12)22/h1-4,7-10,19-22H,5-6H2/b17-9+,18-10+. The summed E-state index contributed by atoms with van der Waals surface area (Å²) in [5.74, 6) is 0.178. The molecular formula is C16H16N2O4. The Morgan fingerprint density at radius 1 is 0.682 bits per heavy atom. The highest BCUT2D eigenvalue weighted by molar-refractivity contribution is 5.84. The lowest BCUT2D eigenvalue weighted by molar-refractivity contribution is 0.459. The number of phenols is 4. The average Bonchev–Trinajstić information content (AvgIpc) is 2.49. The van der Waals surface area contributed by atoms with E-state index in [1.54, 1.807) is 0 Å². The summed E-state index contributed by atoms with van der Waals surface area (Å²) in [6.45, 7) is 0.760. The van der Waals surface area contributed by atoms with Crippen molar-refractivity contribution in [2.24, 2.45) is 9.98 Å². The maximum absolute atomic E-state index is 9.56. The van der Waals surface area contributed by atoms with E-state index in [0.29, 0.717) is 24.2 Å². The van der Waals surface area contributed by atoms with Crippen LogP contribution in [0, 0.1) is 0 Å². The van der Waals surface area contributed by atoms with E-state index in [0.717, 1.165) is 0 Å². The molecule has 0 fully saturated rings. The molecule has 0 atom stereocenters. The van der Waals surface area contributed by atoms with Crippen molar-refractivity contribution in [2.45, 2.75) is 0 Å². The van der Waals surface area contributed by atoms with Gasteiger partial charge in [-0.2, -0.15) is 0 Å². The van der Waals surface area contributed by atoms with Gasteiger partial charge >= 0.3 is 0 Å². The van der Waals surface area contributed by atoms with Crippen LogP contribution in [0.2, 0.25) is 0 Å². The highest BCUT2D eigenvalue weighted by atomic mass is 16.3. The lowest BCUT2D eigenvalue weighted by Crippen LogP contribution is -1.91. The second-order valence-corrected chi connectivity index (χ2v) is 4.56. The predicted molar refractivity (Wildman–Crippen MR) is 84.5 cm³/mol. The lowest BCUT2D eigenvalue weighted by Gasteiger charge is -1.99. The topological polar surface area (TPSA) is 106 Å². The Hall–Kier alpha value is -3.02. The van der Waals surface area contributed by atoms with E-state index in [1.165, 1.54) is 48.8 Å². The fraction of sp³-hybridized carbons (Fsp3) is 0.125. The van der Waals surface area contributed by atoms with Crippen LogP contribution in [0.3, 0.4) is 0 Å². The van der Waals surface area contributed by atoms with E-state index in [-0.39, 0.29) is 23.0 Å². The Labute approximate surface area is 127 Å². The average molecular weight is 300 g/mol. The predicted octanol–water partition coefficient (Wildman–Crippen LogP) is 2.05. The number of hydrogen-bond donors (Lipinski definition) is 4. The maximum Gasteiger partial charge on any atom is 0.124 e. The van der Waals surface area contributed by atoms with Gasteiger partial charge in [-0.25, -0.2) is 0 Å². The molecule has 0 aliphatic carbocycles. The minimum atomic E-state index is 0.0368. The van der Waals surface area contributed by atoms with Crippen molar-refractivity contribution >= 4 is 12.4 Å². The number of nitrogens with zero attached hydrogens (tertiary/aromatic N) is 2. The van der Waals surface area contributed by atoms with E-state index in [1.807, 2.05) is 0 Å². The summed E-state index contributed by atoms with van der Waals surface area (Å²) in [6.07, 6.45) is 2.91. The van der Waals surface area contributed by atoms with E-state index in [4.69, 9.17) is 0 Å². The monoisotopic (exact) mass is 300 g/mol. The SMILES string of the molecule is Oc1ccc(O)c(/C=N/CC/N=C/c2cc(O)ccc2O)c1. The smallest absolute Gasteiger partial charge is 0.124 e. The summed E-state index contributed by atoms with van der Waals surface area (Å²) in [6, 6.07) is 8.37. The molecule has 6 heteroatoms. The van der Waals surface area contributed by atoms with Crippen LogP contribution < -0.4 is 0 Å². The minimum absolute atomic E-state index is 0.0368. The minimum Gasteiger partial charge on any atom is -0.508 e. The van der Waals surface area contributed by atoms with Crippen molar-refractivity contribution in [2.75, 3.05) is 13.1 Å². The molecule has 0 heterocycles. The molecule has 0 aliphatic heterocycles.